The molecule has 1 fully saturated rings. The molecule has 0 aromatic heterocycles. The van der Waals surface area contributed by atoms with Crippen molar-refractivity contribution in [2.75, 3.05) is 6.61 Å². The number of rotatable bonds is 1. The first-order valence-electron chi connectivity index (χ1n) is 4.75. The highest BCUT2D eigenvalue weighted by atomic mass is 16.3. The van der Waals surface area contributed by atoms with Crippen molar-refractivity contribution in [1.82, 2.24) is 0 Å². The van der Waals surface area contributed by atoms with E-state index < -0.39 is 0 Å². The Labute approximate surface area is 74.6 Å². The van der Waals surface area contributed by atoms with Crippen LogP contribution >= 0.6 is 0 Å². The molecule has 0 heterocycles. The Morgan fingerprint density at radius 1 is 1.25 bits per heavy atom. The Morgan fingerprint density at radius 2 is 1.83 bits per heavy atom. The van der Waals surface area contributed by atoms with Gasteiger partial charge in [-0.25, -0.2) is 0 Å². The van der Waals surface area contributed by atoms with Crippen molar-refractivity contribution in [2.24, 2.45) is 17.3 Å². The Balaban J connectivity index is 2.61. The third kappa shape index (κ3) is 1.80. The van der Waals surface area contributed by atoms with Gasteiger partial charge in [0, 0.05) is 12.5 Å². The van der Waals surface area contributed by atoms with Crippen molar-refractivity contribution in [2.45, 2.75) is 39.7 Å². The molecule has 0 aromatic carbocycles. The highest BCUT2D eigenvalue weighted by Gasteiger charge is 2.40. The molecule has 0 saturated heterocycles. The summed E-state index contributed by atoms with van der Waals surface area (Å²) in [5, 5.41) is 18.8. The maximum Gasteiger partial charge on any atom is 0.0623 e. The molecular formula is C10H20O2. The van der Waals surface area contributed by atoms with Gasteiger partial charge in [-0.2, -0.15) is 0 Å². The van der Waals surface area contributed by atoms with Gasteiger partial charge < -0.3 is 10.2 Å². The van der Waals surface area contributed by atoms with Crippen LogP contribution < -0.4 is 0 Å². The SMILES string of the molecule is CC(C)(C)C1CCC(CO)C1O. The average Bonchev–Trinajstić information content (AvgIpc) is 2.29. The topological polar surface area (TPSA) is 40.5 Å². The zero-order chi connectivity index (χ0) is 9.35. The molecule has 0 bridgehead atoms. The molecule has 12 heavy (non-hydrogen) atoms. The maximum absolute atomic E-state index is 9.82. The van der Waals surface area contributed by atoms with Crippen LogP contribution in [0.15, 0.2) is 0 Å². The van der Waals surface area contributed by atoms with Gasteiger partial charge in [0.15, 0.2) is 0 Å². The van der Waals surface area contributed by atoms with Gasteiger partial charge in [0.25, 0.3) is 0 Å². The van der Waals surface area contributed by atoms with Gasteiger partial charge in [-0.15, -0.1) is 0 Å². The Morgan fingerprint density at radius 3 is 2.08 bits per heavy atom. The fourth-order valence-corrected chi connectivity index (χ4v) is 2.21. The lowest BCUT2D eigenvalue weighted by atomic mass is 9.78. The van der Waals surface area contributed by atoms with E-state index in [1.54, 1.807) is 0 Å². The summed E-state index contributed by atoms with van der Waals surface area (Å²) < 4.78 is 0. The zero-order valence-electron chi connectivity index (χ0n) is 8.25. The standard InChI is InChI=1S/C10H20O2/c1-10(2,3)8-5-4-7(6-11)9(8)12/h7-9,11-12H,4-6H2,1-3H3. The van der Waals surface area contributed by atoms with Gasteiger partial charge in [-0.3, -0.25) is 0 Å². The number of hydrogen-bond acceptors (Lipinski definition) is 2. The lowest BCUT2D eigenvalue weighted by Gasteiger charge is -2.30. The average molecular weight is 172 g/mol. The molecule has 72 valence electrons. The third-order valence-electron chi connectivity index (χ3n) is 3.09. The van der Waals surface area contributed by atoms with Gasteiger partial charge in [-0.1, -0.05) is 20.8 Å². The summed E-state index contributed by atoms with van der Waals surface area (Å²) in [6.45, 7) is 6.59. The first-order valence-corrected chi connectivity index (χ1v) is 4.75. The van der Waals surface area contributed by atoms with Crippen molar-refractivity contribution >= 4 is 0 Å². The summed E-state index contributed by atoms with van der Waals surface area (Å²) in [6, 6.07) is 0. The van der Waals surface area contributed by atoms with E-state index in [0.717, 1.165) is 12.8 Å². The van der Waals surface area contributed by atoms with E-state index in [2.05, 4.69) is 20.8 Å². The summed E-state index contributed by atoms with van der Waals surface area (Å²) >= 11 is 0. The molecule has 0 radical (unpaired) electrons. The molecule has 0 spiro atoms. The van der Waals surface area contributed by atoms with Crippen LogP contribution in [-0.4, -0.2) is 22.9 Å². The fraction of sp³-hybridized carbons (Fsp3) is 1.00. The molecule has 0 aliphatic heterocycles. The minimum Gasteiger partial charge on any atom is -0.396 e. The molecular weight excluding hydrogens is 152 g/mol. The number of aliphatic hydroxyl groups is 2. The molecule has 0 aromatic rings. The van der Waals surface area contributed by atoms with Crippen molar-refractivity contribution in [3.05, 3.63) is 0 Å². The molecule has 1 saturated carbocycles. The van der Waals surface area contributed by atoms with Gasteiger partial charge in [-0.05, 0) is 24.2 Å². The van der Waals surface area contributed by atoms with Gasteiger partial charge in [0.1, 0.15) is 0 Å². The van der Waals surface area contributed by atoms with Crippen LogP contribution in [0.3, 0.4) is 0 Å². The lowest BCUT2D eigenvalue weighted by molar-refractivity contribution is 0.0225. The molecule has 0 amide bonds. The summed E-state index contributed by atoms with van der Waals surface area (Å²) in [7, 11) is 0. The van der Waals surface area contributed by atoms with Crippen LogP contribution in [0.4, 0.5) is 0 Å². The van der Waals surface area contributed by atoms with Gasteiger partial charge in [0.05, 0.1) is 6.10 Å². The molecule has 3 unspecified atom stereocenters. The normalized spacial score (nSPS) is 37.2. The third-order valence-corrected chi connectivity index (χ3v) is 3.09. The molecule has 1 aliphatic carbocycles. The smallest absolute Gasteiger partial charge is 0.0623 e. The summed E-state index contributed by atoms with van der Waals surface area (Å²) in [4.78, 5) is 0. The Kier molecular flexibility index (Phi) is 2.79. The number of hydrogen-bond donors (Lipinski definition) is 2. The quantitative estimate of drug-likeness (QED) is 0.628. The molecule has 2 N–H and O–H groups in total. The number of aliphatic hydroxyl groups excluding tert-OH is 2. The van der Waals surface area contributed by atoms with E-state index in [0.29, 0.717) is 5.92 Å². The van der Waals surface area contributed by atoms with E-state index >= 15 is 0 Å². The van der Waals surface area contributed by atoms with E-state index in [4.69, 9.17) is 5.11 Å². The predicted octanol–water partition coefficient (Wildman–Crippen LogP) is 1.41. The van der Waals surface area contributed by atoms with E-state index in [1.165, 1.54) is 0 Å². The summed E-state index contributed by atoms with van der Waals surface area (Å²) in [5.41, 5.74) is 0.170. The lowest BCUT2D eigenvalue weighted by Crippen LogP contribution is -2.31. The Bertz CT molecular complexity index is 148. The zero-order valence-corrected chi connectivity index (χ0v) is 8.25. The van der Waals surface area contributed by atoms with E-state index in [1.807, 2.05) is 0 Å². The second kappa shape index (κ2) is 3.35. The van der Waals surface area contributed by atoms with Crippen LogP contribution in [-0.2, 0) is 0 Å². The van der Waals surface area contributed by atoms with Gasteiger partial charge in [0.2, 0.25) is 0 Å². The largest absolute Gasteiger partial charge is 0.396 e. The molecule has 1 rings (SSSR count). The minimum absolute atomic E-state index is 0.120. The van der Waals surface area contributed by atoms with E-state index in [-0.39, 0.29) is 24.0 Å². The molecule has 3 atom stereocenters. The van der Waals surface area contributed by atoms with Gasteiger partial charge >= 0.3 is 0 Å². The second-order valence-corrected chi connectivity index (χ2v) is 4.98. The molecule has 1 aliphatic rings. The highest BCUT2D eigenvalue weighted by molar-refractivity contribution is 4.90. The van der Waals surface area contributed by atoms with Crippen LogP contribution in [0.1, 0.15) is 33.6 Å². The summed E-state index contributed by atoms with van der Waals surface area (Å²) in [5.74, 6) is 0.476. The summed E-state index contributed by atoms with van der Waals surface area (Å²) in [6.07, 6.45) is 1.73. The van der Waals surface area contributed by atoms with Crippen LogP contribution in [0.5, 0.6) is 0 Å². The first-order chi connectivity index (χ1) is 5.46. The van der Waals surface area contributed by atoms with Crippen molar-refractivity contribution in [3.63, 3.8) is 0 Å². The highest BCUT2D eigenvalue weighted by Crippen LogP contribution is 2.41. The van der Waals surface area contributed by atoms with Crippen molar-refractivity contribution in [1.29, 1.82) is 0 Å². The first kappa shape index (κ1) is 10.0. The van der Waals surface area contributed by atoms with Crippen molar-refractivity contribution in [3.8, 4) is 0 Å². The molecule has 2 nitrogen and oxygen atoms in total. The molecule has 2 heteroatoms. The maximum atomic E-state index is 9.82. The van der Waals surface area contributed by atoms with Crippen LogP contribution in [0.25, 0.3) is 0 Å². The fourth-order valence-electron chi connectivity index (χ4n) is 2.21. The minimum atomic E-state index is -0.296. The van der Waals surface area contributed by atoms with E-state index in [9.17, 15) is 5.11 Å². The van der Waals surface area contributed by atoms with Crippen molar-refractivity contribution < 1.29 is 10.2 Å². The Hall–Kier alpha value is -0.0800. The second-order valence-electron chi connectivity index (χ2n) is 4.98. The van der Waals surface area contributed by atoms with Crippen LogP contribution in [0.2, 0.25) is 0 Å². The predicted molar refractivity (Wildman–Crippen MR) is 48.8 cm³/mol. The van der Waals surface area contributed by atoms with Crippen LogP contribution in [0, 0.1) is 17.3 Å². The monoisotopic (exact) mass is 172 g/mol.